The molecule has 5 rings (SSSR count). The molecular formula is C24H21Br2F2NO4. The molecule has 2 heterocycles. The van der Waals surface area contributed by atoms with Gasteiger partial charge in [0.25, 0.3) is 0 Å². The molecule has 0 radical (unpaired) electrons. The number of rotatable bonds is 7. The summed E-state index contributed by atoms with van der Waals surface area (Å²) in [5.41, 5.74) is 0.511. The van der Waals surface area contributed by atoms with E-state index in [1.54, 1.807) is 12.1 Å². The second-order valence-corrected chi connectivity index (χ2v) is 9.99. The highest BCUT2D eigenvalue weighted by Crippen LogP contribution is 2.46. The number of benzene rings is 2. The molecule has 1 aromatic heterocycles. The Balaban J connectivity index is 1.42. The number of carbonyl (C=O) groups is 1. The van der Waals surface area contributed by atoms with E-state index in [9.17, 15) is 13.6 Å². The molecule has 2 aromatic carbocycles. The molecule has 1 aliphatic carbocycles. The van der Waals surface area contributed by atoms with Crippen LogP contribution in [0.15, 0.2) is 37.6 Å². The number of hydrogen-bond acceptors (Lipinski definition) is 5. The zero-order chi connectivity index (χ0) is 23.1. The molecular weight excluding hydrogens is 564 g/mol. The summed E-state index contributed by atoms with van der Waals surface area (Å²) in [6.45, 7) is 4.46. The topological polar surface area (TPSA) is 51.9 Å². The fraction of sp³-hybridized carbons (Fsp3) is 0.375. The standard InChI is InChI=1S/C24H21Br2F2NO4/c25-17-9-14(10-18(26)24(17)32-8-5-29-3-6-31-7-4-29)21(30)20-16-11-15(27)12-19(28)23(16)33-22(20)13-1-2-13/h9-13H,1-8H2. The average molecular weight is 585 g/mol. The minimum Gasteiger partial charge on any atom is -0.490 e. The second kappa shape index (κ2) is 9.44. The van der Waals surface area contributed by atoms with Gasteiger partial charge in [-0.1, -0.05) is 0 Å². The first-order valence-corrected chi connectivity index (χ1v) is 12.4. The molecule has 0 bridgehead atoms. The van der Waals surface area contributed by atoms with Gasteiger partial charge < -0.3 is 13.9 Å². The van der Waals surface area contributed by atoms with Crippen molar-refractivity contribution < 1.29 is 27.5 Å². The van der Waals surface area contributed by atoms with E-state index in [0.717, 1.165) is 57.8 Å². The Bertz CT molecular complexity index is 1200. The maximum atomic E-state index is 14.3. The summed E-state index contributed by atoms with van der Waals surface area (Å²) in [7, 11) is 0. The van der Waals surface area contributed by atoms with E-state index in [1.165, 1.54) is 0 Å². The van der Waals surface area contributed by atoms with Crippen LogP contribution in [0.25, 0.3) is 11.0 Å². The predicted octanol–water partition coefficient (Wildman–Crippen LogP) is 6.06. The van der Waals surface area contributed by atoms with E-state index >= 15 is 0 Å². The molecule has 33 heavy (non-hydrogen) atoms. The molecule has 5 nitrogen and oxygen atoms in total. The van der Waals surface area contributed by atoms with Crippen LogP contribution in [-0.2, 0) is 4.74 Å². The van der Waals surface area contributed by atoms with Crippen LogP contribution in [0.5, 0.6) is 5.75 Å². The highest BCUT2D eigenvalue weighted by molar-refractivity contribution is 9.11. The van der Waals surface area contributed by atoms with Gasteiger partial charge in [-0.25, -0.2) is 8.78 Å². The Morgan fingerprint density at radius 1 is 1.09 bits per heavy atom. The monoisotopic (exact) mass is 583 g/mol. The second-order valence-electron chi connectivity index (χ2n) is 8.28. The minimum atomic E-state index is -0.808. The maximum Gasteiger partial charge on any atom is 0.197 e. The number of furan rings is 1. The van der Waals surface area contributed by atoms with Crippen molar-refractivity contribution in [3.05, 3.63) is 61.7 Å². The zero-order valence-corrected chi connectivity index (χ0v) is 20.8. The molecule has 0 unspecified atom stereocenters. The van der Waals surface area contributed by atoms with Crippen LogP contribution in [0.3, 0.4) is 0 Å². The molecule has 1 saturated heterocycles. The van der Waals surface area contributed by atoms with Gasteiger partial charge in [0.15, 0.2) is 17.2 Å². The molecule has 2 aliphatic rings. The lowest BCUT2D eigenvalue weighted by Gasteiger charge is -2.26. The minimum absolute atomic E-state index is 0.0495. The van der Waals surface area contributed by atoms with E-state index in [4.69, 9.17) is 13.9 Å². The van der Waals surface area contributed by atoms with Crippen LogP contribution in [0, 0.1) is 11.6 Å². The summed E-state index contributed by atoms with van der Waals surface area (Å²) in [6, 6.07) is 5.27. The van der Waals surface area contributed by atoms with E-state index < -0.39 is 11.6 Å². The lowest BCUT2D eigenvalue weighted by Crippen LogP contribution is -2.38. The Kier molecular flexibility index (Phi) is 6.57. The van der Waals surface area contributed by atoms with Gasteiger partial charge in [-0.15, -0.1) is 0 Å². The van der Waals surface area contributed by atoms with Gasteiger partial charge in [-0.05, 0) is 62.9 Å². The summed E-state index contributed by atoms with van der Waals surface area (Å²) in [5.74, 6) is -0.828. The number of morpholine rings is 1. The van der Waals surface area contributed by atoms with Gasteiger partial charge in [0.1, 0.15) is 23.9 Å². The van der Waals surface area contributed by atoms with Crippen LogP contribution in [0.4, 0.5) is 8.78 Å². The highest BCUT2D eigenvalue weighted by atomic mass is 79.9. The molecule has 3 aromatic rings. The number of ketones is 1. The van der Waals surface area contributed by atoms with E-state index in [1.807, 2.05) is 0 Å². The van der Waals surface area contributed by atoms with E-state index in [2.05, 4.69) is 36.8 Å². The van der Waals surface area contributed by atoms with Crippen molar-refractivity contribution in [1.29, 1.82) is 0 Å². The first-order valence-electron chi connectivity index (χ1n) is 10.8. The first kappa shape index (κ1) is 23.0. The predicted molar refractivity (Wildman–Crippen MR) is 126 cm³/mol. The van der Waals surface area contributed by atoms with Crippen molar-refractivity contribution in [3.8, 4) is 5.75 Å². The summed E-state index contributed by atoms with van der Waals surface area (Å²) in [4.78, 5) is 15.8. The van der Waals surface area contributed by atoms with Crippen LogP contribution >= 0.6 is 31.9 Å². The van der Waals surface area contributed by atoms with Crippen molar-refractivity contribution in [2.45, 2.75) is 18.8 Å². The Labute approximate surface area is 206 Å². The van der Waals surface area contributed by atoms with Crippen molar-refractivity contribution in [3.63, 3.8) is 0 Å². The van der Waals surface area contributed by atoms with Crippen LogP contribution in [0.1, 0.15) is 40.4 Å². The number of hydrogen-bond donors (Lipinski definition) is 0. The number of carbonyl (C=O) groups excluding carboxylic acids is 1. The van der Waals surface area contributed by atoms with Gasteiger partial charge >= 0.3 is 0 Å². The molecule has 1 saturated carbocycles. The van der Waals surface area contributed by atoms with Gasteiger partial charge in [0.05, 0.1) is 27.7 Å². The van der Waals surface area contributed by atoms with Crippen LogP contribution < -0.4 is 4.74 Å². The number of fused-ring (bicyclic) bond motifs is 1. The first-order chi connectivity index (χ1) is 15.9. The van der Waals surface area contributed by atoms with Crippen molar-refractivity contribution in [1.82, 2.24) is 4.90 Å². The smallest absolute Gasteiger partial charge is 0.197 e. The van der Waals surface area contributed by atoms with Gasteiger partial charge in [0.2, 0.25) is 0 Å². The van der Waals surface area contributed by atoms with Gasteiger partial charge in [-0.2, -0.15) is 0 Å². The molecule has 174 valence electrons. The van der Waals surface area contributed by atoms with Crippen molar-refractivity contribution in [2.24, 2.45) is 0 Å². The molecule has 0 amide bonds. The van der Waals surface area contributed by atoms with E-state index in [-0.39, 0.29) is 28.2 Å². The summed E-state index contributed by atoms with van der Waals surface area (Å²) in [5, 5.41) is 0.164. The SMILES string of the molecule is O=C(c1cc(Br)c(OCCN2CCOCC2)c(Br)c1)c1c(C2CC2)oc2c(F)cc(F)cc12. The van der Waals surface area contributed by atoms with Gasteiger partial charge in [-0.3, -0.25) is 9.69 Å². The molecule has 9 heteroatoms. The maximum absolute atomic E-state index is 14.3. The zero-order valence-electron chi connectivity index (χ0n) is 17.6. The number of ether oxygens (including phenoxy) is 2. The molecule has 0 atom stereocenters. The molecule has 0 spiro atoms. The Morgan fingerprint density at radius 3 is 2.45 bits per heavy atom. The summed E-state index contributed by atoms with van der Waals surface area (Å²) < 4.78 is 46.6. The molecule has 2 fully saturated rings. The Hall–Kier alpha value is -1.81. The number of nitrogens with zero attached hydrogens (tertiary/aromatic N) is 1. The van der Waals surface area contributed by atoms with Crippen LogP contribution in [-0.4, -0.2) is 50.1 Å². The number of halogens is 4. The quantitative estimate of drug-likeness (QED) is 0.316. The average Bonchev–Trinajstić information content (AvgIpc) is 3.56. The van der Waals surface area contributed by atoms with Crippen molar-refractivity contribution >= 4 is 48.6 Å². The lowest BCUT2D eigenvalue weighted by molar-refractivity contribution is 0.0321. The van der Waals surface area contributed by atoms with Gasteiger partial charge in [0, 0.05) is 42.6 Å². The highest BCUT2D eigenvalue weighted by Gasteiger charge is 2.35. The summed E-state index contributed by atoms with van der Waals surface area (Å²) in [6.07, 6.45) is 1.71. The lowest BCUT2D eigenvalue weighted by atomic mass is 9.98. The third-order valence-corrected chi connectivity index (χ3v) is 7.11. The summed E-state index contributed by atoms with van der Waals surface area (Å²) >= 11 is 7.01. The largest absolute Gasteiger partial charge is 0.490 e. The third kappa shape index (κ3) is 4.73. The molecule has 0 N–H and O–H groups in total. The normalized spacial score (nSPS) is 17.0. The Morgan fingerprint density at radius 2 is 1.79 bits per heavy atom. The molecule has 1 aliphatic heterocycles. The fourth-order valence-corrected chi connectivity index (χ4v) is 5.50. The van der Waals surface area contributed by atoms with E-state index in [0.29, 0.717) is 32.6 Å². The van der Waals surface area contributed by atoms with Crippen LogP contribution in [0.2, 0.25) is 0 Å². The third-order valence-electron chi connectivity index (χ3n) is 5.93. The van der Waals surface area contributed by atoms with Crippen molar-refractivity contribution in [2.75, 3.05) is 39.5 Å². The fourth-order valence-electron chi connectivity index (χ4n) is 4.09.